The molecule has 1 N–H and O–H groups in total. The number of piperidine rings is 1. The second kappa shape index (κ2) is 4.75. The lowest BCUT2D eigenvalue weighted by molar-refractivity contribution is 0.461. The maximum absolute atomic E-state index is 4.89. The van der Waals surface area contributed by atoms with Gasteiger partial charge in [-0.2, -0.15) is 0 Å². The van der Waals surface area contributed by atoms with E-state index in [4.69, 9.17) is 4.98 Å². The molecule has 17 heavy (non-hydrogen) atoms. The summed E-state index contributed by atoms with van der Waals surface area (Å²) in [5, 5.41) is 4.80. The van der Waals surface area contributed by atoms with E-state index in [-0.39, 0.29) is 0 Å². The fourth-order valence-electron chi connectivity index (χ4n) is 2.55. The highest BCUT2D eigenvalue weighted by Crippen LogP contribution is 2.32. The molecule has 3 rings (SSSR count). The van der Waals surface area contributed by atoms with Crippen LogP contribution >= 0.6 is 11.3 Å². The van der Waals surface area contributed by atoms with Crippen LogP contribution in [-0.2, 0) is 6.42 Å². The van der Waals surface area contributed by atoms with Crippen molar-refractivity contribution < 1.29 is 0 Å². The number of thiazole rings is 1. The third-order valence-corrected chi connectivity index (χ3v) is 4.73. The molecule has 2 nitrogen and oxygen atoms in total. The van der Waals surface area contributed by atoms with E-state index < -0.39 is 0 Å². The first-order valence-corrected chi connectivity index (χ1v) is 7.29. The number of aromatic nitrogens is 1. The SMILES string of the molecule is CCc1cccc2sc(C3CCCNC3)nc12. The van der Waals surface area contributed by atoms with Crippen molar-refractivity contribution >= 4 is 21.6 Å². The van der Waals surface area contributed by atoms with Crippen molar-refractivity contribution in [3.05, 3.63) is 28.8 Å². The maximum atomic E-state index is 4.89. The third-order valence-electron chi connectivity index (χ3n) is 3.55. The van der Waals surface area contributed by atoms with Crippen LogP contribution in [0, 0.1) is 0 Å². The lowest BCUT2D eigenvalue weighted by Crippen LogP contribution is -2.28. The number of benzene rings is 1. The largest absolute Gasteiger partial charge is 0.316 e. The van der Waals surface area contributed by atoms with Crippen molar-refractivity contribution in [1.82, 2.24) is 10.3 Å². The lowest BCUT2D eigenvalue weighted by atomic mass is 10.0. The molecule has 0 saturated carbocycles. The summed E-state index contributed by atoms with van der Waals surface area (Å²) in [7, 11) is 0. The van der Waals surface area contributed by atoms with E-state index in [0.29, 0.717) is 5.92 Å². The highest BCUT2D eigenvalue weighted by molar-refractivity contribution is 7.18. The maximum Gasteiger partial charge on any atom is 0.0982 e. The molecule has 1 aliphatic rings. The van der Waals surface area contributed by atoms with E-state index in [2.05, 4.69) is 30.4 Å². The number of aryl methyl sites for hydroxylation is 1. The molecule has 1 atom stereocenters. The minimum Gasteiger partial charge on any atom is -0.316 e. The van der Waals surface area contributed by atoms with Crippen molar-refractivity contribution in [2.45, 2.75) is 32.1 Å². The quantitative estimate of drug-likeness (QED) is 0.879. The first kappa shape index (κ1) is 11.2. The Hall–Kier alpha value is -0.930. The van der Waals surface area contributed by atoms with Crippen LogP contribution < -0.4 is 5.32 Å². The van der Waals surface area contributed by atoms with Crippen molar-refractivity contribution in [2.24, 2.45) is 0 Å². The van der Waals surface area contributed by atoms with Crippen LogP contribution in [0.15, 0.2) is 18.2 Å². The molecular formula is C14H18N2S. The minimum absolute atomic E-state index is 0.630. The zero-order chi connectivity index (χ0) is 11.7. The molecule has 0 radical (unpaired) electrons. The van der Waals surface area contributed by atoms with Crippen molar-refractivity contribution in [2.75, 3.05) is 13.1 Å². The van der Waals surface area contributed by atoms with Crippen LogP contribution in [0.25, 0.3) is 10.2 Å². The van der Waals surface area contributed by atoms with Gasteiger partial charge in [-0.25, -0.2) is 4.98 Å². The van der Waals surface area contributed by atoms with Crippen LogP contribution in [0.2, 0.25) is 0 Å². The Labute approximate surface area is 106 Å². The number of nitrogens with zero attached hydrogens (tertiary/aromatic N) is 1. The van der Waals surface area contributed by atoms with Gasteiger partial charge in [-0.3, -0.25) is 0 Å². The van der Waals surface area contributed by atoms with Crippen LogP contribution in [-0.4, -0.2) is 18.1 Å². The second-order valence-corrected chi connectivity index (χ2v) is 5.78. The third kappa shape index (κ3) is 2.09. The molecule has 1 fully saturated rings. The number of rotatable bonds is 2. The summed E-state index contributed by atoms with van der Waals surface area (Å²) in [6, 6.07) is 6.55. The Kier molecular flexibility index (Phi) is 3.12. The smallest absolute Gasteiger partial charge is 0.0982 e. The fourth-order valence-corrected chi connectivity index (χ4v) is 3.70. The topological polar surface area (TPSA) is 24.9 Å². The van der Waals surface area contributed by atoms with Gasteiger partial charge >= 0.3 is 0 Å². The van der Waals surface area contributed by atoms with E-state index in [1.165, 1.54) is 40.2 Å². The van der Waals surface area contributed by atoms with E-state index >= 15 is 0 Å². The van der Waals surface area contributed by atoms with Gasteiger partial charge in [-0.1, -0.05) is 19.1 Å². The number of hydrogen-bond donors (Lipinski definition) is 1. The van der Waals surface area contributed by atoms with Crippen LogP contribution in [0.1, 0.15) is 36.3 Å². The molecule has 3 heteroatoms. The Morgan fingerprint density at radius 2 is 2.41 bits per heavy atom. The predicted molar refractivity (Wildman–Crippen MR) is 73.8 cm³/mol. The summed E-state index contributed by atoms with van der Waals surface area (Å²) in [4.78, 5) is 4.89. The number of para-hydroxylation sites is 1. The standard InChI is InChI=1S/C14H18N2S/c1-2-10-5-3-7-12-13(10)16-14(17-12)11-6-4-8-15-9-11/h3,5,7,11,15H,2,4,6,8-9H2,1H3. The second-order valence-electron chi connectivity index (χ2n) is 4.71. The summed E-state index contributed by atoms with van der Waals surface area (Å²) in [6.07, 6.45) is 3.64. The van der Waals surface area contributed by atoms with Crippen molar-refractivity contribution in [1.29, 1.82) is 0 Å². The Morgan fingerprint density at radius 3 is 3.18 bits per heavy atom. The highest BCUT2D eigenvalue weighted by Gasteiger charge is 2.19. The van der Waals surface area contributed by atoms with Crippen LogP contribution in [0.5, 0.6) is 0 Å². The van der Waals surface area contributed by atoms with E-state index in [9.17, 15) is 0 Å². The Balaban J connectivity index is 2.00. The molecule has 1 saturated heterocycles. The molecule has 1 aromatic heterocycles. The molecule has 1 aliphatic heterocycles. The molecule has 90 valence electrons. The molecule has 0 amide bonds. The van der Waals surface area contributed by atoms with Crippen molar-refractivity contribution in [3.8, 4) is 0 Å². The normalized spacial score (nSPS) is 20.9. The van der Waals surface area contributed by atoms with E-state index in [0.717, 1.165) is 13.0 Å². The van der Waals surface area contributed by atoms with Crippen LogP contribution in [0.3, 0.4) is 0 Å². The van der Waals surface area contributed by atoms with Crippen LogP contribution in [0.4, 0.5) is 0 Å². The van der Waals surface area contributed by atoms with Gasteiger partial charge in [0.25, 0.3) is 0 Å². The Morgan fingerprint density at radius 1 is 1.47 bits per heavy atom. The number of hydrogen-bond acceptors (Lipinski definition) is 3. The predicted octanol–water partition coefficient (Wildman–Crippen LogP) is 3.33. The monoisotopic (exact) mass is 246 g/mol. The van der Waals surface area contributed by atoms with Gasteiger partial charge in [-0.15, -0.1) is 11.3 Å². The van der Waals surface area contributed by atoms with Gasteiger partial charge < -0.3 is 5.32 Å². The Bertz CT molecular complexity index is 512. The average Bonchev–Trinajstić information content (AvgIpc) is 2.83. The van der Waals surface area contributed by atoms with Gasteiger partial charge in [0.1, 0.15) is 0 Å². The first-order valence-electron chi connectivity index (χ1n) is 6.47. The zero-order valence-corrected chi connectivity index (χ0v) is 11.0. The summed E-state index contributed by atoms with van der Waals surface area (Å²) in [5.41, 5.74) is 2.62. The van der Waals surface area contributed by atoms with Crippen molar-refractivity contribution in [3.63, 3.8) is 0 Å². The van der Waals surface area contributed by atoms with E-state index in [1.54, 1.807) is 0 Å². The summed E-state index contributed by atoms with van der Waals surface area (Å²) in [6.45, 7) is 4.47. The summed E-state index contributed by atoms with van der Waals surface area (Å²) < 4.78 is 1.35. The zero-order valence-electron chi connectivity index (χ0n) is 10.2. The molecule has 2 heterocycles. The summed E-state index contributed by atoms with van der Waals surface area (Å²) >= 11 is 1.88. The molecule has 0 spiro atoms. The number of fused-ring (bicyclic) bond motifs is 1. The minimum atomic E-state index is 0.630. The molecule has 1 unspecified atom stereocenters. The molecule has 1 aromatic carbocycles. The van der Waals surface area contributed by atoms with Gasteiger partial charge in [0.15, 0.2) is 0 Å². The molecule has 0 aliphatic carbocycles. The molecule has 2 aromatic rings. The average molecular weight is 246 g/mol. The van der Waals surface area contributed by atoms with Gasteiger partial charge in [-0.05, 0) is 37.4 Å². The molecular weight excluding hydrogens is 228 g/mol. The lowest BCUT2D eigenvalue weighted by Gasteiger charge is -2.20. The van der Waals surface area contributed by atoms with E-state index in [1.807, 2.05) is 11.3 Å². The highest BCUT2D eigenvalue weighted by atomic mass is 32.1. The molecule has 0 bridgehead atoms. The number of nitrogens with one attached hydrogen (secondary N) is 1. The fraction of sp³-hybridized carbons (Fsp3) is 0.500. The summed E-state index contributed by atoms with van der Waals surface area (Å²) in [5.74, 6) is 0.630. The van der Waals surface area contributed by atoms with Gasteiger partial charge in [0, 0.05) is 12.5 Å². The first-order chi connectivity index (χ1) is 8.38. The van der Waals surface area contributed by atoms with Gasteiger partial charge in [0.05, 0.1) is 15.2 Å². The van der Waals surface area contributed by atoms with Gasteiger partial charge in [0.2, 0.25) is 0 Å².